The van der Waals surface area contributed by atoms with E-state index in [9.17, 15) is 15.0 Å². The highest BCUT2D eigenvalue weighted by molar-refractivity contribution is 5.78. The van der Waals surface area contributed by atoms with Crippen molar-refractivity contribution in [3.8, 4) is 0 Å². The maximum absolute atomic E-state index is 11.9. The number of aliphatic hydroxyl groups is 2. The molecule has 0 bridgehead atoms. The fourth-order valence-electron chi connectivity index (χ4n) is 4.34. The Bertz CT molecular complexity index is 455. The van der Waals surface area contributed by atoms with Gasteiger partial charge in [0.05, 0.1) is 6.61 Å². The summed E-state index contributed by atoms with van der Waals surface area (Å²) < 4.78 is 5.47. The highest BCUT2D eigenvalue weighted by Gasteiger charge is 2.62. The molecule has 19 heavy (non-hydrogen) atoms. The van der Waals surface area contributed by atoms with E-state index in [0.29, 0.717) is 6.42 Å². The van der Waals surface area contributed by atoms with E-state index in [0.717, 1.165) is 31.3 Å². The average Bonchev–Trinajstić information content (AvgIpc) is 2.59. The van der Waals surface area contributed by atoms with Crippen LogP contribution in [0.3, 0.4) is 0 Å². The third kappa shape index (κ3) is 1.62. The van der Waals surface area contributed by atoms with Crippen LogP contribution >= 0.6 is 0 Å². The monoisotopic (exact) mass is 266 g/mol. The van der Waals surface area contributed by atoms with E-state index in [1.165, 1.54) is 5.57 Å². The first-order chi connectivity index (χ1) is 8.92. The van der Waals surface area contributed by atoms with Crippen LogP contribution < -0.4 is 0 Å². The Balaban J connectivity index is 2.08. The van der Waals surface area contributed by atoms with Gasteiger partial charge in [0.2, 0.25) is 0 Å². The zero-order valence-electron chi connectivity index (χ0n) is 11.6. The zero-order valence-corrected chi connectivity index (χ0v) is 11.6. The highest BCUT2D eigenvalue weighted by Crippen LogP contribution is 2.56. The molecule has 1 saturated carbocycles. The van der Waals surface area contributed by atoms with Crippen molar-refractivity contribution in [3.63, 3.8) is 0 Å². The fraction of sp³-hybridized carbons (Fsp3) is 0.800. The summed E-state index contributed by atoms with van der Waals surface area (Å²) in [6, 6.07) is 0. The maximum Gasteiger partial charge on any atom is 0.315 e. The van der Waals surface area contributed by atoms with Crippen LogP contribution in [0.1, 0.15) is 46.0 Å². The van der Waals surface area contributed by atoms with Crippen molar-refractivity contribution in [2.45, 2.75) is 57.7 Å². The first-order valence-corrected chi connectivity index (χ1v) is 7.16. The van der Waals surface area contributed by atoms with Gasteiger partial charge in [0, 0.05) is 0 Å². The van der Waals surface area contributed by atoms with Crippen molar-refractivity contribution in [1.82, 2.24) is 0 Å². The molecule has 4 atom stereocenters. The predicted molar refractivity (Wildman–Crippen MR) is 69.3 cm³/mol. The molecule has 0 radical (unpaired) electrons. The number of carbonyl (C=O) groups excluding carboxylic acids is 1. The Kier molecular flexibility index (Phi) is 2.81. The number of esters is 1. The molecular weight excluding hydrogens is 244 g/mol. The van der Waals surface area contributed by atoms with Gasteiger partial charge in [-0.2, -0.15) is 0 Å². The normalized spacial score (nSPS) is 45.8. The summed E-state index contributed by atoms with van der Waals surface area (Å²) in [4.78, 5) is 11.9. The summed E-state index contributed by atoms with van der Waals surface area (Å²) >= 11 is 0. The minimum absolute atomic E-state index is 0.0455. The molecule has 1 aliphatic heterocycles. The largest absolute Gasteiger partial charge is 0.454 e. The first-order valence-electron chi connectivity index (χ1n) is 7.16. The van der Waals surface area contributed by atoms with Gasteiger partial charge in [0.15, 0.2) is 6.10 Å². The van der Waals surface area contributed by atoms with Gasteiger partial charge in [0.1, 0.15) is 11.5 Å². The van der Waals surface area contributed by atoms with Crippen LogP contribution in [0, 0.1) is 11.3 Å². The number of fused-ring (bicyclic) bond motifs is 3. The summed E-state index contributed by atoms with van der Waals surface area (Å²) in [5, 5.41) is 20.3. The minimum atomic E-state index is -1.21. The Labute approximate surface area is 113 Å². The molecule has 4 nitrogen and oxygen atoms in total. The molecule has 4 heteroatoms. The number of aliphatic hydroxyl groups excluding tert-OH is 1. The molecule has 2 N–H and O–H groups in total. The van der Waals surface area contributed by atoms with Gasteiger partial charge in [-0.15, -0.1) is 0 Å². The van der Waals surface area contributed by atoms with E-state index < -0.39 is 23.6 Å². The van der Waals surface area contributed by atoms with E-state index in [-0.39, 0.29) is 12.0 Å². The van der Waals surface area contributed by atoms with Gasteiger partial charge >= 0.3 is 5.97 Å². The molecule has 2 fully saturated rings. The lowest BCUT2D eigenvalue weighted by Gasteiger charge is -2.49. The summed E-state index contributed by atoms with van der Waals surface area (Å²) in [7, 11) is 0. The average molecular weight is 266 g/mol. The molecule has 0 spiro atoms. The Hall–Kier alpha value is -0.870. The van der Waals surface area contributed by atoms with Crippen molar-refractivity contribution >= 4 is 5.97 Å². The van der Waals surface area contributed by atoms with E-state index in [4.69, 9.17) is 4.74 Å². The molecule has 0 amide bonds. The van der Waals surface area contributed by atoms with Crippen molar-refractivity contribution in [2.75, 3.05) is 6.61 Å². The van der Waals surface area contributed by atoms with Crippen molar-refractivity contribution in [1.29, 1.82) is 0 Å². The molecule has 3 aliphatic rings. The van der Waals surface area contributed by atoms with Crippen LogP contribution in [0.25, 0.3) is 0 Å². The topological polar surface area (TPSA) is 66.8 Å². The lowest BCUT2D eigenvalue weighted by molar-refractivity contribution is -0.144. The van der Waals surface area contributed by atoms with Gasteiger partial charge in [-0.05, 0) is 50.0 Å². The quantitative estimate of drug-likeness (QED) is 0.558. The minimum Gasteiger partial charge on any atom is -0.454 e. The lowest BCUT2D eigenvalue weighted by atomic mass is 9.58. The number of allylic oxidation sites excluding steroid dienone is 1. The zero-order chi connectivity index (χ0) is 13.8. The van der Waals surface area contributed by atoms with E-state index in [2.05, 4.69) is 13.8 Å². The molecule has 0 aromatic heterocycles. The second kappa shape index (κ2) is 4.06. The molecular formula is C15H22O4. The molecule has 3 rings (SSSR count). The van der Waals surface area contributed by atoms with Crippen LogP contribution in [0.15, 0.2) is 11.1 Å². The summed E-state index contributed by atoms with van der Waals surface area (Å²) in [5.41, 5.74) is 1.21. The summed E-state index contributed by atoms with van der Waals surface area (Å²) in [6.07, 6.45) is 4.11. The summed E-state index contributed by atoms with van der Waals surface area (Å²) in [5.74, 6) is -1.24. The predicted octanol–water partition coefficient (Wildman–Crippen LogP) is 1.55. The molecule has 0 aromatic rings. The van der Waals surface area contributed by atoms with Crippen LogP contribution in [0.2, 0.25) is 0 Å². The number of rotatable bonds is 1. The smallest absolute Gasteiger partial charge is 0.315 e. The third-order valence-corrected chi connectivity index (χ3v) is 5.49. The van der Waals surface area contributed by atoms with E-state index in [1.54, 1.807) is 0 Å². The molecule has 106 valence electrons. The molecule has 0 unspecified atom stereocenters. The van der Waals surface area contributed by atoms with Crippen LogP contribution in [0.5, 0.6) is 0 Å². The Morgan fingerprint density at radius 1 is 1.37 bits per heavy atom. The molecule has 2 aliphatic carbocycles. The maximum atomic E-state index is 11.9. The van der Waals surface area contributed by atoms with Crippen LogP contribution in [-0.4, -0.2) is 34.5 Å². The van der Waals surface area contributed by atoms with Crippen molar-refractivity contribution in [3.05, 3.63) is 11.1 Å². The summed E-state index contributed by atoms with van der Waals surface area (Å²) in [6.45, 7) is 3.96. The molecule has 1 heterocycles. The van der Waals surface area contributed by atoms with Crippen molar-refractivity contribution in [2.24, 2.45) is 11.3 Å². The first kappa shape index (κ1) is 13.1. The molecule has 0 aromatic carbocycles. The van der Waals surface area contributed by atoms with Gasteiger partial charge < -0.3 is 14.9 Å². The van der Waals surface area contributed by atoms with Crippen LogP contribution in [0.4, 0.5) is 0 Å². The lowest BCUT2D eigenvalue weighted by Crippen LogP contribution is -2.53. The Morgan fingerprint density at radius 2 is 2.11 bits per heavy atom. The second-order valence-electron chi connectivity index (χ2n) is 6.65. The van der Waals surface area contributed by atoms with Gasteiger partial charge in [0.25, 0.3) is 0 Å². The Morgan fingerprint density at radius 3 is 2.79 bits per heavy atom. The van der Waals surface area contributed by atoms with Gasteiger partial charge in [-0.1, -0.05) is 12.5 Å². The molecule has 1 saturated heterocycles. The van der Waals surface area contributed by atoms with E-state index >= 15 is 0 Å². The van der Waals surface area contributed by atoms with Gasteiger partial charge in [-0.3, -0.25) is 4.79 Å². The van der Waals surface area contributed by atoms with Gasteiger partial charge in [-0.25, -0.2) is 0 Å². The third-order valence-electron chi connectivity index (χ3n) is 5.49. The SMILES string of the molecule is CC1=C2[C@@H]3OC(=O)[C@H](CO)[C@]3(O)CC[C@@]2(C)CCC1. The number of ether oxygens (including phenoxy) is 1. The number of hydrogen-bond acceptors (Lipinski definition) is 4. The van der Waals surface area contributed by atoms with Crippen LogP contribution in [-0.2, 0) is 9.53 Å². The number of hydrogen-bond donors (Lipinski definition) is 2. The highest BCUT2D eigenvalue weighted by atomic mass is 16.6. The standard InChI is InChI=1S/C15H22O4/c1-9-4-3-5-14(2)6-7-15(18)10(8-16)13(17)19-12(15)11(9)14/h10,12,16,18H,3-8H2,1-2H3/t10-,12-,14+,15+/m0/s1. The second-order valence-corrected chi connectivity index (χ2v) is 6.65. The van der Waals surface area contributed by atoms with E-state index in [1.807, 2.05) is 0 Å². The number of carbonyl (C=O) groups is 1. The van der Waals surface area contributed by atoms with Crippen molar-refractivity contribution < 1.29 is 19.7 Å². The fourth-order valence-corrected chi connectivity index (χ4v) is 4.34.